The van der Waals surface area contributed by atoms with Gasteiger partial charge in [0.05, 0.1) is 11.6 Å². The van der Waals surface area contributed by atoms with Crippen LogP contribution in [0, 0.1) is 29.5 Å². The zero-order chi connectivity index (χ0) is 11.5. The summed E-state index contributed by atoms with van der Waals surface area (Å²) >= 11 is 0. The van der Waals surface area contributed by atoms with Crippen molar-refractivity contribution in [3.8, 4) is 24.2 Å². The molecule has 0 fully saturated rings. The van der Waals surface area contributed by atoms with E-state index in [-0.39, 0.29) is 11.3 Å². The van der Waals surface area contributed by atoms with Crippen LogP contribution in [0.1, 0.15) is 19.4 Å². The van der Waals surface area contributed by atoms with Gasteiger partial charge in [-0.3, -0.25) is 0 Å². The SMILES string of the molecule is C#CC(C)(C)Oc1cc(F)cc(C#N)c1. The van der Waals surface area contributed by atoms with E-state index >= 15 is 0 Å². The van der Waals surface area contributed by atoms with Crippen LogP contribution in [-0.4, -0.2) is 5.60 Å². The summed E-state index contributed by atoms with van der Waals surface area (Å²) in [5.41, 5.74) is -0.613. The third kappa shape index (κ3) is 3.00. The Kier molecular flexibility index (Phi) is 2.97. The molecule has 3 heteroatoms. The predicted octanol–water partition coefficient (Wildman–Crippen LogP) is 2.49. The summed E-state index contributed by atoms with van der Waals surface area (Å²) in [4.78, 5) is 0. The molecule has 0 saturated carbocycles. The van der Waals surface area contributed by atoms with E-state index < -0.39 is 11.4 Å². The average molecular weight is 203 g/mol. The Hall–Kier alpha value is -2.00. The van der Waals surface area contributed by atoms with Gasteiger partial charge in [-0.25, -0.2) is 4.39 Å². The number of hydrogen-bond donors (Lipinski definition) is 0. The van der Waals surface area contributed by atoms with Gasteiger partial charge in [-0.15, -0.1) is 6.42 Å². The molecule has 1 aromatic rings. The Morgan fingerprint density at radius 3 is 2.60 bits per heavy atom. The Bertz CT molecular complexity index is 452. The first-order valence-corrected chi connectivity index (χ1v) is 4.34. The summed E-state index contributed by atoms with van der Waals surface area (Å²) in [5, 5.41) is 8.63. The van der Waals surface area contributed by atoms with Gasteiger partial charge in [0.15, 0.2) is 5.60 Å². The van der Waals surface area contributed by atoms with Crippen molar-refractivity contribution in [1.29, 1.82) is 5.26 Å². The molecule has 0 radical (unpaired) electrons. The fourth-order valence-corrected chi connectivity index (χ4v) is 1.01. The van der Waals surface area contributed by atoms with Gasteiger partial charge in [0, 0.05) is 6.07 Å². The van der Waals surface area contributed by atoms with Crippen molar-refractivity contribution in [3.63, 3.8) is 0 Å². The number of hydrogen-bond acceptors (Lipinski definition) is 2. The van der Waals surface area contributed by atoms with Gasteiger partial charge in [0.1, 0.15) is 11.6 Å². The lowest BCUT2D eigenvalue weighted by molar-refractivity contribution is 0.172. The van der Waals surface area contributed by atoms with Gasteiger partial charge in [-0.05, 0) is 26.0 Å². The van der Waals surface area contributed by atoms with E-state index in [2.05, 4.69) is 5.92 Å². The van der Waals surface area contributed by atoms with E-state index in [1.165, 1.54) is 12.1 Å². The van der Waals surface area contributed by atoms with Gasteiger partial charge >= 0.3 is 0 Å². The largest absolute Gasteiger partial charge is 0.475 e. The maximum Gasteiger partial charge on any atom is 0.163 e. The number of ether oxygens (including phenoxy) is 1. The Labute approximate surface area is 88.3 Å². The summed E-state index contributed by atoms with van der Waals surface area (Å²) in [7, 11) is 0. The highest BCUT2D eigenvalue weighted by Crippen LogP contribution is 2.20. The highest BCUT2D eigenvalue weighted by Gasteiger charge is 2.16. The average Bonchev–Trinajstić information content (AvgIpc) is 2.16. The maximum absolute atomic E-state index is 13.0. The predicted molar refractivity (Wildman–Crippen MR) is 54.7 cm³/mol. The van der Waals surface area contributed by atoms with E-state index in [0.717, 1.165) is 6.07 Å². The molecule has 0 spiro atoms. The summed E-state index contributed by atoms with van der Waals surface area (Å²) < 4.78 is 18.4. The zero-order valence-corrected chi connectivity index (χ0v) is 8.54. The Morgan fingerprint density at radius 1 is 1.40 bits per heavy atom. The van der Waals surface area contributed by atoms with Crippen LogP contribution < -0.4 is 4.74 Å². The van der Waals surface area contributed by atoms with Crippen LogP contribution in [0.25, 0.3) is 0 Å². The summed E-state index contributed by atoms with van der Waals surface area (Å²) in [6.45, 7) is 3.37. The number of halogens is 1. The highest BCUT2D eigenvalue weighted by atomic mass is 19.1. The minimum Gasteiger partial charge on any atom is -0.475 e. The van der Waals surface area contributed by atoms with Crippen molar-refractivity contribution in [2.24, 2.45) is 0 Å². The quantitative estimate of drug-likeness (QED) is 0.692. The van der Waals surface area contributed by atoms with E-state index in [1.807, 2.05) is 6.07 Å². The zero-order valence-electron chi connectivity index (χ0n) is 8.54. The molecule has 0 N–H and O–H groups in total. The third-order valence-electron chi connectivity index (χ3n) is 1.72. The van der Waals surface area contributed by atoms with Crippen molar-refractivity contribution in [3.05, 3.63) is 29.6 Å². The molecule has 0 heterocycles. The molecule has 76 valence electrons. The molecule has 0 amide bonds. The van der Waals surface area contributed by atoms with Crippen LogP contribution in [0.15, 0.2) is 18.2 Å². The van der Waals surface area contributed by atoms with Crippen LogP contribution in [0.4, 0.5) is 4.39 Å². The van der Waals surface area contributed by atoms with Crippen molar-refractivity contribution in [2.75, 3.05) is 0 Å². The van der Waals surface area contributed by atoms with E-state index in [1.54, 1.807) is 13.8 Å². The van der Waals surface area contributed by atoms with E-state index in [4.69, 9.17) is 16.4 Å². The third-order valence-corrected chi connectivity index (χ3v) is 1.72. The smallest absolute Gasteiger partial charge is 0.163 e. The molecule has 0 aliphatic carbocycles. The summed E-state index contributed by atoms with van der Waals surface area (Å²) in [5.74, 6) is 2.16. The van der Waals surface area contributed by atoms with Gasteiger partial charge in [0.2, 0.25) is 0 Å². The molecule has 1 rings (SSSR count). The van der Waals surface area contributed by atoms with Gasteiger partial charge < -0.3 is 4.74 Å². The minimum atomic E-state index is -0.819. The van der Waals surface area contributed by atoms with Gasteiger partial charge in [0.25, 0.3) is 0 Å². The summed E-state index contributed by atoms with van der Waals surface area (Å²) in [6, 6.07) is 5.62. The normalized spacial score (nSPS) is 10.2. The highest BCUT2D eigenvalue weighted by molar-refractivity contribution is 5.37. The standard InChI is InChI=1S/C12H10FNO/c1-4-12(2,3)15-11-6-9(8-14)5-10(13)7-11/h1,5-7H,2-3H3. The van der Waals surface area contributed by atoms with Crippen LogP contribution in [0.5, 0.6) is 5.75 Å². The lowest BCUT2D eigenvalue weighted by Crippen LogP contribution is -2.25. The molecule has 0 atom stereocenters. The number of benzene rings is 1. The first-order valence-electron chi connectivity index (χ1n) is 4.34. The summed E-state index contributed by atoms with van der Waals surface area (Å²) in [6.07, 6.45) is 5.23. The number of terminal acetylenes is 1. The van der Waals surface area contributed by atoms with Gasteiger partial charge in [-0.2, -0.15) is 5.26 Å². The molecule has 0 unspecified atom stereocenters. The van der Waals surface area contributed by atoms with Gasteiger partial charge in [-0.1, -0.05) is 5.92 Å². The van der Waals surface area contributed by atoms with Crippen molar-refractivity contribution in [1.82, 2.24) is 0 Å². The number of rotatable bonds is 2. The van der Waals surface area contributed by atoms with Crippen LogP contribution in [0.3, 0.4) is 0 Å². The van der Waals surface area contributed by atoms with Crippen LogP contribution in [-0.2, 0) is 0 Å². The van der Waals surface area contributed by atoms with E-state index in [0.29, 0.717) is 0 Å². The number of nitriles is 1. The van der Waals surface area contributed by atoms with Crippen LogP contribution >= 0.6 is 0 Å². The lowest BCUT2D eigenvalue weighted by Gasteiger charge is -2.20. The van der Waals surface area contributed by atoms with Crippen molar-refractivity contribution >= 4 is 0 Å². The minimum absolute atomic E-state index is 0.206. The molecule has 2 nitrogen and oxygen atoms in total. The first-order chi connectivity index (χ1) is 6.96. The fraction of sp³-hybridized carbons (Fsp3) is 0.250. The van der Waals surface area contributed by atoms with Crippen molar-refractivity contribution in [2.45, 2.75) is 19.4 Å². The molecule has 0 aromatic heterocycles. The topological polar surface area (TPSA) is 33.0 Å². The van der Waals surface area contributed by atoms with Crippen molar-refractivity contribution < 1.29 is 9.13 Å². The Morgan fingerprint density at radius 2 is 2.07 bits per heavy atom. The second kappa shape index (κ2) is 4.02. The Balaban J connectivity index is 3.03. The molecule has 0 aliphatic rings. The molecule has 0 aliphatic heterocycles. The molecule has 0 saturated heterocycles. The fourth-order valence-electron chi connectivity index (χ4n) is 1.01. The molecule has 0 bridgehead atoms. The maximum atomic E-state index is 13.0. The monoisotopic (exact) mass is 203 g/mol. The second-order valence-electron chi connectivity index (χ2n) is 3.54. The first kappa shape index (κ1) is 11.1. The second-order valence-corrected chi connectivity index (χ2v) is 3.54. The molecule has 15 heavy (non-hydrogen) atoms. The lowest BCUT2D eigenvalue weighted by atomic mass is 10.1. The van der Waals surface area contributed by atoms with Crippen LogP contribution in [0.2, 0.25) is 0 Å². The molecule has 1 aromatic carbocycles. The number of nitrogens with zero attached hydrogens (tertiary/aromatic N) is 1. The molecular formula is C12H10FNO. The molecular weight excluding hydrogens is 193 g/mol. The van der Waals surface area contributed by atoms with E-state index in [9.17, 15) is 4.39 Å².